The SMILES string of the molecule is N#Cc1cccc(COC([O])c2cccc(C#N)c2)c1. The van der Waals surface area contributed by atoms with Crippen molar-refractivity contribution in [3.8, 4) is 12.1 Å². The van der Waals surface area contributed by atoms with Gasteiger partial charge in [0.05, 0.1) is 29.9 Å². The van der Waals surface area contributed by atoms with Gasteiger partial charge in [0.1, 0.15) is 0 Å². The minimum Gasteiger partial charge on any atom is -0.341 e. The van der Waals surface area contributed by atoms with Crippen LogP contribution in [-0.2, 0) is 16.5 Å². The van der Waals surface area contributed by atoms with Crippen molar-refractivity contribution in [2.75, 3.05) is 0 Å². The zero-order valence-electron chi connectivity index (χ0n) is 10.6. The van der Waals surface area contributed by atoms with Gasteiger partial charge in [-0.05, 0) is 29.8 Å². The van der Waals surface area contributed by atoms with Crippen molar-refractivity contribution in [3.63, 3.8) is 0 Å². The second-order valence-corrected chi connectivity index (χ2v) is 4.19. The lowest BCUT2D eigenvalue weighted by Crippen LogP contribution is -2.02. The van der Waals surface area contributed by atoms with Crippen molar-refractivity contribution in [3.05, 3.63) is 70.8 Å². The molecule has 0 amide bonds. The van der Waals surface area contributed by atoms with E-state index in [0.717, 1.165) is 5.56 Å². The third kappa shape index (κ3) is 3.43. The smallest absolute Gasteiger partial charge is 0.217 e. The largest absolute Gasteiger partial charge is 0.341 e. The quantitative estimate of drug-likeness (QED) is 0.795. The van der Waals surface area contributed by atoms with E-state index in [9.17, 15) is 5.11 Å². The summed E-state index contributed by atoms with van der Waals surface area (Å²) in [6, 6.07) is 17.3. The molecule has 0 fully saturated rings. The first-order valence-electron chi connectivity index (χ1n) is 5.99. The van der Waals surface area contributed by atoms with Gasteiger partial charge in [-0.1, -0.05) is 24.3 Å². The Bertz CT molecular complexity index is 683. The van der Waals surface area contributed by atoms with Gasteiger partial charge < -0.3 is 4.74 Å². The Labute approximate surface area is 117 Å². The predicted octanol–water partition coefficient (Wildman–Crippen LogP) is 3.08. The van der Waals surface area contributed by atoms with Crippen LogP contribution < -0.4 is 0 Å². The van der Waals surface area contributed by atoms with E-state index in [1.807, 2.05) is 12.1 Å². The van der Waals surface area contributed by atoms with Crippen molar-refractivity contribution < 1.29 is 9.84 Å². The van der Waals surface area contributed by atoms with Gasteiger partial charge in [-0.25, -0.2) is 0 Å². The Kier molecular flexibility index (Phi) is 4.47. The first kappa shape index (κ1) is 13.8. The lowest BCUT2D eigenvalue weighted by Gasteiger charge is -2.10. The lowest BCUT2D eigenvalue weighted by atomic mass is 10.1. The van der Waals surface area contributed by atoms with Gasteiger partial charge in [0.2, 0.25) is 6.29 Å². The Morgan fingerprint density at radius 1 is 1.00 bits per heavy atom. The van der Waals surface area contributed by atoms with Crippen LogP contribution in [-0.4, -0.2) is 0 Å². The molecular weight excluding hydrogens is 252 g/mol. The molecule has 2 rings (SSSR count). The molecule has 0 N–H and O–H groups in total. The molecule has 2 aromatic carbocycles. The maximum absolute atomic E-state index is 11.9. The van der Waals surface area contributed by atoms with E-state index in [0.29, 0.717) is 16.7 Å². The van der Waals surface area contributed by atoms with E-state index in [2.05, 4.69) is 0 Å². The van der Waals surface area contributed by atoms with Crippen LogP contribution in [0.15, 0.2) is 48.5 Å². The molecular formula is C16H11N2O2. The molecule has 0 aliphatic rings. The number of nitrogens with zero attached hydrogens (tertiary/aromatic N) is 2. The summed E-state index contributed by atoms with van der Waals surface area (Å²) in [6.07, 6.45) is -1.35. The summed E-state index contributed by atoms with van der Waals surface area (Å²) < 4.78 is 5.24. The van der Waals surface area contributed by atoms with Crippen molar-refractivity contribution in [2.45, 2.75) is 12.9 Å². The fourth-order valence-electron chi connectivity index (χ4n) is 1.75. The predicted molar refractivity (Wildman–Crippen MR) is 70.5 cm³/mol. The first-order chi connectivity index (χ1) is 9.72. The summed E-state index contributed by atoms with van der Waals surface area (Å²) in [7, 11) is 0. The van der Waals surface area contributed by atoms with Gasteiger partial charge in [-0.2, -0.15) is 15.6 Å². The van der Waals surface area contributed by atoms with E-state index >= 15 is 0 Å². The summed E-state index contributed by atoms with van der Waals surface area (Å²) in [4.78, 5) is 0. The van der Waals surface area contributed by atoms with Gasteiger partial charge in [0, 0.05) is 5.56 Å². The first-order valence-corrected chi connectivity index (χ1v) is 5.99. The molecule has 0 aliphatic heterocycles. The van der Waals surface area contributed by atoms with Crippen molar-refractivity contribution in [2.24, 2.45) is 0 Å². The van der Waals surface area contributed by atoms with Gasteiger partial charge in [-0.15, -0.1) is 0 Å². The average Bonchev–Trinajstić information content (AvgIpc) is 2.52. The van der Waals surface area contributed by atoms with Gasteiger partial charge >= 0.3 is 0 Å². The van der Waals surface area contributed by atoms with E-state index in [4.69, 9.17) is 15.3 Å². The molecule has 0 saturated heterocycles. The summed E-state index contributed by atoms with van der Waals surface area (Å²) in [5.41, 5.74) is 2.14. The highest BCUT2D eigenvalue weighted by molar-refractivity contribution is 5.34. The van der Waals surface area contributed by atoms with Crippen LogP contribution in [0.1, 0.15) is 28.5 Å². The molecule has 1 radical (unpaired) electrons. The number of benzene rings is 2. The molecule has 0 bridgehead atoms. The van der Waals surface area contributed by atoms with Gasteiger partial charge in [0.15, 0.2) is 0 Å². The van der Waals surface area contributed by atoms with Crippen LogP contribution >= 0.6 is 0 Å². The van der Waals surface area contributed by atoms with Gasteiger partial charge in [-0.3, -0.25) is 0 Å². The van der Waals surface area contributed by atoms with E-state index in [1.165, 1.54) is 6.07 Å². The maximum Gasteiger partial charge on any atom is 0.217 e. The summed E-state index contributed by atoms with van der Waals surface area (Å²) in [6.45, 7) is 0.125. The minimum atomic E-state index is -1.35. The molecule has 1 unspecified atom stereocenters. The Morgan fingerprint density at radius 3 is 2.35 bits per heavy atom. The van der Waals surface area contributed by atoms with Gasteiger partial charge in [0.25, 0.3) is 0 Å². The van der Waals surface area contributed by atoms with Crippen molar-refractivity contribution in [1.82, 2.24) is 0 Å². The number of hydrogen-bond donors (Lipinski definition) is 0. The van der Waals surface area contributed by atoms with Crippen LogP contribution in [0.4, 0.5) is 0 Å². The van der Waals surface area contributed by atoms with E-state index < -0.39 is 6.29 Å². The summed E-state index contributed by atoms with van der Waals surface area (Å²) in [5, 5.41) is 29.5. The van der Waals surface area contributed by atoms with E-state index in [1.54, 1.807) is 42.5 Å². The minimum absolute atomic E-state index is 0.125. The molecule has 20 heavy (non-hydrogen) atoms. The Morgan fingerprint density at radius 2 is 1.65 bits per heavy atom. The van der Waals surface area contributed by atoms with Crippen molar-refractivity contribution >= 4 is 0 Å². The zero-order valence-corrected chi connectivity index (χ0v) is 10.6. The number of hydrogen-bond acceptors (Lipinski definition) is 3. The standard InChI is InChI=1S/C16H11N2O2/c17-9-12-3-1-5-14(7-12)11-20-16(19)15-6-2-4-13(8-15)10-18/h1-8,16H,11H2. The molecule has 0 heterocycles. The topological polar surface area (TPSA) is 76.7 Å². The number of nitriles is 2. The summed E-state index contributed by atoms with van der Waals surface area (Å²) >= 11 is 0. The lowest BCUT2D eigenvalue weighted by molar-refractivity contribution is -0.152. The molecule has 0 saturated carbocycles. The average molecular weight is 263 g/mol. The monoisotopic (exact) mass is 263 g/mol. The van der Waals surface area contributed by atoms with Crippen LogP contribution in [0.2, 0.25) is 0 Å². The molecule has 0 spiro atoms. The third-order valence-corrected chi connectivity index (χ3v) is 2.75. The maximum atomic E-state index is 11.9. The van der Waals surface area contributed by atoms with Crippen LogP contribution in [0.25, 0.3) is 0 Å². The second-order valence-electron chi connectivity index (χ2n) is 4.19. The summed E-state index contributed by atoms with van der Waals surface area (Å²) in [5.74, 6) is 0. The second kappa shape index (κ2) is 6.49. The Hall–Kier alpha value is -2.66. The fraction of sp³-hybridized carbons (Fsp3) is 0.125. The normalized spacial score (nSPS) is 11.3. The van der Waals surface area contributed by atoms with Crippen LogP contribution in [0, 0.1) is 22.7 Å². The highest BCUT2D eigenvalue weighted by Gasteiger charge is 2.10. The number of rotatable bonds is 4. The number of ether oxygens (including phenoxy) is 1. The van der Waals surface area contributed by atoms with Crippen LogP contribution in [0.3, 0.4) is 0 Å². The highest BCUT2D eigenvalue weighted by atomic mass is 16.6. The molecule has 0 aliphatic carbocycles. The zero-order chi connectivity index (χ0) is 14.4. The molecule has 1 atom stereocenters. The third-order valence-electron chi connectivity index (χ3n) is 2.75. The van der Waals surface area contributed by atoms with Crippen molar-refractivity contribution in [1.29, 1.82) is 10.5 Å². The fourth-order valence-corrected chi connectivity index (χ4v) is 1.75. The van der Waals surface area contributed by atoms with E-state index in [-0.39, 0.29) is 6.61 Å². The molecule has 0 aromatic heterocycles. The highest BCUT2D eigenvalue weighted by Crippen LogP contribution is 2.18. The molecule has 4 nitrogen and oxygen atoms in total. The molecule has 97 valence electrons. The molecule has 4 heteroatoms. The molecule has 2 aromatic rings. The van der Waals surface area contributed by atoms with Crippen LogP contribution in [0.5, 0.6) is 0 Å². The Balaban J connectivity index is 2.03.